The Morgan fingerprint density at radius 2 is 2.15 bits per heavy atom. The number of nitrogens with one attached hydrogen (secondary N) is 1. The number of ether oxygens (including phenoxy) is 1. The summed E-state index contributed by atoms with van der Waals surface area (Å²) in [5.74, 6) is -3.17. The second kappa shape index (κ2) is 5.68. The molecule has 7 heteroatoms. The molecule has 1 heterocycles. The van der Waals surface area contributed by atoms with Gasteiger partial charge in [-0.15, -0.1) is 0 Å². The molecule has 0 aromatic heterocycles. The molecule has 1 N–H and O–H groups in total. The predicted molar refractivity (Wildman–Crippen MR) is 67.3 cm³/mol. The first-order valence-electron chi connectivity index (χ1n) is 6.08. The van der Waals surface area contributed by atoms with Crippen molar-refractivity contribution in [2.75, 3.05) is 18.1 Å². The van der Waals surface area contributed by atoms with Crippen LogP contribution >= 0.6 is 0 Å². The van der Waals surface area contributed by atoms with Crippen LogP contribution in [0.1, 0.15) is 6.92 Å². The lowest BCUT2D eigenvalue weighted by molar-refractivity contribution is -0.150. The summed E-state index contributed by atoms with van der Waals surface area (Å²) in [6.07, 6.45) is 0. The summed E-state index contributed by atoms with van der Waals surface area (Å²) >= 11 is 0. The smallest absolute Gasteiger partial charge is 0.330 e. The van der Waals surface area contributed by atoms with Crippen LogP contribution in [-0.2, 0) is 19.1 Å². The number of piperazine rings is 1. The highest BCUT2D eigenvalue weighted by atomic mass is 19.1. The molecular weight excluding hydrogens is 267 g/mol. The van der Waals surface area contributed by atoms with Gasteiger partial charge in [-0.05, 0) is 19.1 Å². The number of rotatable bonds is 3. The molecule has 2 amide bonds. The summed E-state index contributed by atoms with van der Waals surface area (Å²) in [7, 11) is 0. The van der Waals surface area contributed by atoms with Gasteiger partial charge in [-0.2, -0.15) is 0 Å². The fourth-order valence-electron chi connectivity index (χ4n) is 1.91. The molecule has 2 rings (SSSR count). The number of nitrogens with zero attached hydrogens (tertiary/aromatic N) is 1. The average Bonchev–Trinajstić information content (AvgIpc) is 2.43. The molecule has 0 aliphatic carbocycles. The van der Waals surface area contributed by atoms with Gasteiger partial charge in [0.25, 0.3) is 0 Å². The maximum Gasteiger partial charge on any atom is 0.330 e. The van der Waals surface area contributed by atoms with Gasteiger partial charge in [0, 0.05) is 0 Å². The molecule has 1 aromatic rings. The monoisotopic (exact) mass is 280 g/mol. The number of halogens is 1. The maximum absolute atomic E-state index is 13.7. The first-order valence-corrected chi connectivity index (χ1v) is 6.08. The van der Waals surface area contributed by atoms with E-state index in [0.717, 1.165) is 4.90 Å². The molecular formula is C13H13FN2O4. The Labute approximate surface area is 114 Å². The second-order valence-corrected chi connectivity index (χ2v) is 4.15. The topological polar surface area (TPSA) is 75.7 Å². The van der Waals surface area contributed by atoms with Crippen molar-refractivity contribution in [2.45, 2.75) is 13.0 Å². The SMILES string of the molecule is CCOC(=O)C1CN(c2ccccc2F)C(=O)C(=O)N1. The number of hydrogen-bond donors (Lipinski definition) is 1. The van der Waals surface area contributed by atoms with E-state index in [0.29, 0.717) is 0 Å². The third-order valence-electron chi connectivity index (χ3n) is 2.82. The summed E-state index contributed by atoms with van der Waals surface area (Å²) in [6.45, 7) is 1.62. The second-order valence-electron chi connectivity index (χ2n) is 4.15. The van der Waals surface area contributed by atoms with E-state index in [1.165, 1.54) is 24.3 Å². The number of esters is 1. The quantitative estimate of drug-likeness (QED) is 0.635. The molecule has 1 fully saturated rings. The van der Waals surface area contributed by atoms with Gasteiger partial charge >= 0.3 is 17.8 Å². The molecule has 0 saturated carbocycles. The van der Waals surface area contributed by atoms with Crippen LogP contribution in [0.2, 0.25) is 0 Å². The van der Waals surface area contributed by atoms with Crippen LogP contribution < -0.4 is 10.2 Å². The van der Waals surface area contributed by atoms with Gasteiger partial charge in [-0.1, -0.05) is 12.1 Å². The summed E-state index contributed by atoms with van der Waals surface area (Å²) in [5, 5.41) is 2.24. The van der Waals surface area contributed by atoms with E-state index in [4.69, 9.17) is 4.74 Å². The van der Waals surface area contributed by atoms with Crippen LogP contribution in [-0.4, -0.2) is 37.0 Å². The highest BCUT2D eigenvalue weighted by Gasteiger charge is 2.38. The maximum atomic E-state index is 13.7. The van der Waals surface area contributed by atoms with Gasteiger partial charge in [0.15, 0.2) is 0 Å². The minimum absolute atomic E-state index is 0.0401. The van der Waals surface area contributed by atoms with Crippen molar-refractivity contribution in [2.24, 2.45) is 0 Å². The van der Waals surface area contributed by atoms with E-state index in [9.17, 15) is 18.8 Å². The fraction of sp³-hybridized carbons (Fsp3) is 0.308. The Morgan fingerprint density at radius 3 is 2.80 bits per heavy atom. The largest absolute Gasteiger partial charge is 0.464 e. The Bertz CT molecular complexity index is 561. The van der Waals surface area contributed by atoms with Crippen molar-refractivity contribution in [3.05, 3.63) is 30.1 Å². The zero-order valence-corrected chi connectivity index (χ0v) is 10.8. The van der Waals surface area contributed by atoms with Gasteiger partial charge in [0.05, 0.1) is 18.8 Å². The Balaban J connectivity index is 2.27. The Hall–Kier alpha value is -2.44. The molecule has 1 aliphatic rings. The predicted octanol–water partition coefficient (Wildman–Crippen LogP) is 0.220. The summed E-state index contributed by atoms with van der Waals surface area (Å²) in [5.41, 5.74) is -0.0401. The molecule has 1 aliphatic heterocycles. The van der Waals surface area contributed by atoms with Crippen molar-refractivity contribution >= 4 is 23.5 Å². The minimum Gasteiger partial charge on any atom is -0.464 e. The third kappa shape index (κ3) is 2.61. The van der Waals surface area contributed by atoms with Crippen molar-refractivity contribution in [1.29, 1.82) is 0 Å². The number of carbonyl (C=O) groups excluding carboxylic acids is 3. The van der Waals surface area contributed by atoms with E-state index < -0.39 is 29.6 Å². The molecule has 1 aromatic carbocycles. The molecule has 0 bridgehead atoms. The Morgan fingerprint density at radius 1 is 1.45 bits per heavy atom. The van der Waals surface area contributed by atoms with E-state index in [1.807, 2.05) is 0 Å². The number of carbonyl (C=O) groups is 3. The van der Waals surface area contributed by atoms with E-state index in [-0.39, 0.29) is 18.8 Å². The average molecular weight is 280 g/mol. The molecule has 1 saturated heterocycles. The lowest BCUT2D eigenvalue weighted by Crippen LogP contribution is -2.61. The standard InChI is InChI=1S/C13H13FN2O4/c1-2-20-13(19)9-7-16(12(18)11(17)15-9)10-6-4-3-5-8(10)14/h3-6,9H,2,7H2,1H3,(H,15,17). The minimum atomic E-state index is -1.00. The van der Waals surface area contributed by atoms with E-state index >= 15 is 0 Å². The first-order chi connectivity index (χ1) is 9.54. The van der Waals surface area contributed by atoms with Crippen LogP contribution in [0.3, 0.4) is 0 Å². The first kappa shape index (κ1) is 14.0. The third-order valence-corrected chi connectivity index (χ3v) is 2.82. The normalized spacial score (nSPS) is 18.7. The van der Waals surface area contributed by atoms with E-state index in [2.05, 4.69) is 5.32 Å². The lowest BCUT2D eigenvalue weighted by atomic mass is 10.1. The molecule has 1 unspecified atom stereocenters. The van der Waals surface area contributed by atoms with Crippen LogP contribution in [0.25, 0.3) is 0 Å². The van der Waals surface area contributed by atoms with Gasteiger partial charge in [-0.3, -0.25) is 14.5 Å². The fourth-order valence-corrected chi connectivity index (χ4v) is 1.91. The number of amides is 2. The van der Waals surface area contributed by atoms with Crippen LogP contribution in [0.5, 0.6) is 0 Å². The van der Waals surface area contributed by atoms with Crippen molar-refractivity contribution < 1.29 is 23.5 Å². The summed E-state index contributed by atoms with van der Waals surface area (Å²) < 4.78 is 18.5. The van der Waals surface area contributed by atoms with E-state index in [1.54, 1.807) is 6.92 Å². The number of benzene rings is 1. The van der Waals surface area contributed by atoms with Crippen molar-refractivity contribution in [1.82, 2.24) is 5.32 Å². The molecule has 0 spiro atoms. The summed E-state index contributed by atoms with van der Waals surface area (Å²) in [4.78, 5) is 36.0. The zero-order chi connectivity index (χ0) is 14.7. The molecule has 20 heavy (non-hydrogen) atoms. The number of anilines is 1. The zero-order valence-electron chi connectivity index (χ0n) is 10.8. The number of hydrogen-bond acceptors (Lipinski definition) is 4. The van der Waals surface area contributed by atoms with Crippen LogP contribution in [0.4, 0.5) is 10.1 Å². The Kier molecular flexibility index (Phi) is 3.97. The number of para-hydroxylation sites is 1. The van der Waals surface area contributed by atoms with Crippen LogP contribution in [0.15, 0.2) is 24.3 Å². The van der Waals surface area contributed by atoms with Gasteiger partial charge in [0.1, 0.15) is 11.9 Å². The van der Waals surface area contributed by atoms with Gasteiger partial charge in [-0.25, -0.2) is 9.18 Å². The lowest BCUT2D eigenvalue weighted by Gasteiger charge is -2.31. The highest BCUT2D eigenvalue weighted by molar-refractivity contribution is 6.41. The summed E-state index contributed by atoms with van der Waals surface area (Å²) in [6, 6.07) is 4.55. The molecule has 1 atom stereocenters. The molecule has 106 valence electrons. The van der Waals surface area contributed by atoms with Crippen molar-refractivity contribution in [3.8, 4) is 0 Å². The molecule has 0 radical (unpaired) electrons. The molecule has 6 nitrogen and oxygen atoms in total. The van der Waals surface area contributed by atoms with Gasteiger partial charge in [0.2, 0.25) is 0 Å². The highest BCUT2D eigenvalue weighted by Crippen LogP contribution is 2.21. The van der Waals surface area contributed by atoms with Gasteiger partial charge < -0.3 is 10.1 Å². The van der Waals surface area contributed by atoms with Crippen molar-refractivity contribution in [3.63, 3.8) is 0 Å². The van der Waals surface area contributed by atoms with Crippen LogP contribution in [0, 0.1) is 5.82 Å².